The molecular formula is C16H21Cl2N3O3. The molecular weight excluding hydrogens is 353 g/mol. The molecule has 0 atom stereocenters. The fourth-order valence-electron chi connectivity index (χ4n) is 2.51. The molecule has 1 aromatic heterocycles. The van der Waals surface area contributed by atoms with Gasteiger partial charge in [-0.1, -0.05) is 23.7 Å². The number of nitrogens with two attached hydrogens (primary N) is 1. The van der Waals surface area contributed by atoms with Crippen LogP contribution in [0.1, 0.15) is 38.4 Å². The second kappa shape index (κ2) is 7.59. The number of halogens is 2. The van der Waals surface area contributed by atoms with Crippen LogP contribution in [-0.4, -0.2) is 23.9 Å². The minimum atomic E-state index is -0.459. The lowest BCUT2D eigenvalue weighted by atomic mass is 9.77. The lowest BCUT2D eigenvalue weighted by molar-refractivity contribution is 0.229. The summed E-state index contributed by atoms with van der Waals surface area (Å²) in [4.78, 5) is 4.42. The first kappa shape index (κ1) is 18.8. The molecule has 1 aliphatic carbocycles. The van der Waals surface area contributed by atoms with Crippen molar-refractivity contribution in [2.45, 2.75) is 38.1 Å². The van der Waals surface area contributed by atoms with Crippen LogP contribution in [0.25, 0.3) is 11.5 Å². The van der Waals surface area contributed by atoms with Crippen molar-refractivity contribution >= 4 is 24.0 Å². The maximum absolute atomic E-state index is 6.31. The zero-order valence-electron chi connectivity index (χ0n) is 13.7. The Morgan fingerprint density at radius 1 is 1.38 bits per heavy atom. The zero-order chi connectivity index (χ0) is 16.4. The van der Waals surface area contributed by atoms with Gasteiger partial charge in [0.05, 0.1) is 24.3 Å². The molecule has 1 aromatic carbocycles. The van der Waals surface area contributed by atoms with E-state index in [4.69, 9.17) is 31.3 Å². The molecule has 1 heterocycles. The second-order valence-corrected chi connectivity index (χ2v) is 6.18. The Hall–Kier alpha value is -1.50. The summed E-state index contributed by atoms with van der Waals surface area (Å²) in [5, 5.41) is 4.46. The van der Waals surface area contributed by atoms with Gasteiger partial charge in [-0.2, -0.15) is 4.98 Å². The molecule has 0 radical (unpaired) electrons. The van der Waals surface area contributed by atoms with Crippen molar-refractivity contribution < 1.29 is 14.0 Å². The van der Waals surface area contributed by atoms with Crippen LogP contribution < -0.4 is 15.2 Å². The minimum absolute atomic E-state index is 0. The molecule has 132 valence electrons. The van der Waals surface area contributed by atoms with Crippen molar-refractivity contribution in [3.63, 3.8) is 0 Å². The molecule has 2 aromatic rings. The average Bonchev–Trinajstić information content (AvgIpc) is 3.01. The van der Waals surface area contributed by atoms with Gasteiger partial charge in [0.1, 0.15) is 0 Å². The smallest absolute Gasteiger partial charge is 0.258 e. The molecule has 0 spiro atoms. The number of hydrogen-bond acceptors (Lipinski definition) is 6. The molecule has 6 nitrogen and oxygen atoms in total. The van der Waals surface area contributed by atoms with Gasteiger partial charge in [-0.15, -0.1) is 12.4 Å². The maximum Gasteiger partial charge on any atom is 0.258 e. The van der Waals surface area contributed by atoms with Crippen LogP contribution >= 0.6 is 24.0 Å². The van der Waals surface area contributed by atoms with Crippen molar-refractivity contribution in [1.82, 2.24) is 10.1 Å². The molecule has 2 N–H and O–H groups in total. The van der Waals surface area contributed by atoms with Crippen molar-refractivity contribution in [3.05, 3.63) is 23.0 Å². The molecule has 1 saturated carbocycles. The monoisotopic (exact) mass is 373 g/mol. The van der Waals surface area contributed by atoms with Gasteiger partial charge < -0.3 is 19.7 Å². The summed E-state index contributed by atoms with van der Waals surface area (Å²) >= 11 is 6.31. The fourth-order valence-corrected chi connectivity index (χ4v) is 2.78. The van der Waals surface area contributed by atoms with Gasteiger partial charge >= 0.3 is 0 Å². The summed E-state index contributed by atoms with van der Waals surface area (Å²) in [5.41, 5.74) is 6.44. The van der Waals surface area contributed by atoms with Gasteiger partial charge in [0, 0.05) is 5.56 Å². The van der Waals surface area contributed by atoms with E-state index in [2.05, 4.69) is 10.1 Å². The molecule has 3 rings (SSSR count). The number of benzene rings is 1. The molecule has 0 unspecified atom stereocenters. The van der Waals surface area contributed by atoms with Crippen LogP contribution in [0.15, 0.2) is 16.7 Å². The van der Waals surface area contributed by atoms with Crippen molar-refractivity contribution in [2.24, 2.45) is 5.73 Å². The first-order chi connectivity index (χ1) is 11.1. The number of hydrogen-bond donors (Lipinski definition) is 1. The Morgan fingerprint density at radius 2 is 2.12 bits per heavy atom. The Balaban J connectivity index is 0.00000208. The van der Waals surface area contributed by atoms with E-state index in [0.29, 0.717) is 40.4 Å². The summed E-state index contributed by atoms with van der Waals surface area (Å²) in [7, 11) is 1.57. The van der Waals surface area contributed by atoms with E-state index in [9.17, 15) is 0 Å². The number of nitrogens with zero attached hydrogens (tertiary/aromatic N) is 2. The van der Waals surface area contributed by atoms with Gasteiger partial charge in [0.15, 0.2) is 17.3 Å². The van der Waals surface area contributed by atoms with Gasteiger partial charge in [-0.05, 0) is 37.8 Å². The summed E-state index contributed by atoms with van der Waals surface area (Å²) in [6.07, 6.45) is 3.72. The average molecular weight is 374 g/mol. The van der Waals surface area contributed by atoms with Crippen LogP contribution in [0.4, 0.5) is 0 Å². The minimum Gasteiger partial charge on any atom is -0.493 e. The van der Waals surface area contributed by atoms with Crippen LogP contribution in [-0.2, 0) is 5.54 Å². The largest absolute Gasteiger partial charge is 0.493 e. The van der Waals surface area contributed by atoms with Crippen molar-refractivity contribution in [1.29, 1.82) is 0 Å². The number of rotatable bonds is 6. The molecule has 8 heteroatoms. The van der Waals surface area contributed by atoms with Crippen LogP contribution in [0.3, 0.4) is 0 Å². The van der Waals surface area contributed by atoms with E-state index < -0.39 is 5.54 Å². The van der Waals surface area contributed by atoms with Crippen LogP contribution in [0.5, 0.6) is 11.5 Å². The normalized spacial score (nSPS) is 15.3. The molecule has 1 fully saturated rings. The zero-order valence-corrected chi connectivity index (χ0v) is 15.2. The lowest BCUT2D eigenvalue weighted by Crippen LogP contribution is -2.44. The molecule has 0 aliphatic heterocycles. The summed E-state index contributed by atoms with van der Waals surface area (Å²) in [6, 6.07) is 3.51. The van der Waals surface area contributed by atoms with Gasteiger partial charge in [0.2, 0.25) is 0 Å². The van der Waals surface area contributed by atoms with Crippen LogP contribution in [0, 0.1) is 0 Å². The van der Waals surface area contributed by atoms with E-state index in [0.717, 1.165) is 25.7 Å². The first-order valence-corrected chi connectivity index (χ1v) is 8.09. The van der Waals surface area contributed by atoms with E-state index >= 15 is 0 Å². The molecule has 24 heavy (non-hydrogen) atoms. The van der Waals surface area contributed by atoms with E-state index in [-0.39, 0.29) is 12.4 Å². The highest BCUT2D eigenvalue weighted by atomic mass is 35.5. The molecule has 0 saturated heterocycles. The highest BCUT2D eigenvalue weighted by Crippen LogP contribution is 2.41. The standard InChI is InChI=1S/C16H20ClN3O3.ClH/c1-3-7-22-13-11(17)8-10(9-12(13)21-2)14-19-15(20-23-14)16(18)5-4-6-16;/h8-9H,3-7,18H2,1-2H3;1H. The predicted octanol–water partition coefficient (Wildman–Crippen LogP) is 3.95. The Morgan fingerprint density at radius 3 is 2.71 bits per heavy atom. The van der Waals surface area contributed by atoms with Crippen LogP contribution in [0.2, 0.25) is 5.02 Å². The highest BCUT2D eigenvalue weighted by molar-refractivity contribution is 6.32. The first-order valence-electron chi connectivity index (χ1n) is 7.71. The van der Waals surface area contributed by atoms with Gasteiger partial charge in [-0.25, -0.2) is 0 Å². The topological polar surface area (TPSA) is 83.4 Å². The highest BCUT2D eigenvalue weighted by Gasteiger charge is 2.39. The van der Waals surface area contributed by atoms with E-state index in [1.165, 1.54) is 0 Å². The van der Waals surface area contributed by atoms with E-state index in [1.807, 2.05) is 6.92 Å². The number of methoxy groups -OCH3 is 1. The summed E-state index contributed by atoms with van der Waals surface area (Å²) < 4.78 is 16.4. The molecule has 0 amide bonds. The molecule has 0 bridgehead atoms. The number of aromatic nitrogens is 2. The molecule has 1 aliphatic rings. The Bertz CT molecular complexity index is 702. The Labute approximate surface area is 152 Å². The number of ether oxygens (including phenoxy) is 2. The SMILES string of the molecule is CCCOc1c(Cl)cc(-c2nc(C3(N)CCC3)no2)cc1OC.Cl. The summed E-state index contributed by atoms with van der Waals surface area (Å²) in [6.45, 7) is 2.59. The third-order valence-corrected chi connectivity index (χ3v) is 4.32. The van der Waals surface area contributed by atoms with Crippen molar-refractivity contribution in [3.8, 4) is 23.0 Å². The fraction of sp³-hybridized carbons (Fsp3) is 0.500. The maximum atomic E-state index is 6.31. The van der Waals surface area contributed by atoms with Crippen molar-refractivity contribution in [2.75, 3.05) is 13.7 Å². The third kappa shape index (κ3) is 3.45. The lowest BCUT2D eigenvalue weighted by Gasteiger charge is -2.34. The third-order valence-electron chi connectivity index (χ3n) is 4.04. The Kier molecular flexibility index (Phi) is 5.96. The predicted molar refractivity (Wildman–Crippen MR) is 94.0 cm³/mol. The summed E-state index contributed by atoms with van der Waals surface area (Å²) in [5.74, 6) is 1.97. The van der Waals surface area contributed by atoms with E-state index in [1.54, 1.807) is 19.2 Å². The second-order valence-electron chi connectivity index (χ2n) is 5.77. The van der Waals surface area contributed by atoms with Gasteiger partial charge in [-0.3, -0.25) is 0 Å². The quantitative estimate of drug-likeness (QED) is 0.824. The van der Waals surface area contributed by atoms with Gasteiger partial charge in [0.25, 0.3) is 5.89 Å².